The summed E-state index contributed by atoms with van der Waals surface area (Å²) in [6.45, 7) is 3.72. The van der Waals surface area contributed by atoms with E-state index in [9.17, 15) is 4.79 Å². The summed E-state index contributed by atoms with van der Waals surface area (Å²) in [5.74, 6) is -0.312. The number of aliphatic hydroxyl groups is 1. The minimum absolute atomic E-state index is 0.0131. The van der Waals surface area contributed by atoms with E-state index in [4.69, 9.17) is 28.3 Å². The molecule has 0 aliphatic heterocycles. The van der Waals surface area contributed by atoms with Gasteiger partial charge in [-0.2, -0.15) is 5.10 Å². The number of halogens is 2. The number of rotatable bonds is 5. The molecule has 0 bridgehead atoms. The van der Waals surface area contributed by atoms with Crippen molar-refractivity contribution in [2.45, 2.75) is 19.9 Å². The van der Waals surface area contributed by atoms with Gasteiger partial charge in [0.25, 0.3) is 5.91 Å². The molecule has 1 amide bonds. The number of amides is 1. The molecule has 0 saturated heterocycles. The normalized spacial score (nSPS) is 13.7. The molecule has 2 unspecified atom stereocenters. The molecule has 1 heterocycles. The van der Waals surface area contributed by atoms with Gasteiger partial charge in [0.05, 0.1) is 15.7 Å². The van der Waals surface area contributed by atoms with Gasteiger partial charge in [-0.05, 0) is 37.1 Å². The predicted molar refractivity (Wildman–Crippen MR) is 86.8 cm³/mol. The van der Waals surface area contributed by atoms with Crippen molar-refractivity contribution in [1.29, 1.82) is 0 Å². The third-order valence-electron chi connectivity index (χ3n) is 3.49. The van der Waals surface area contributed by atoms with Crippen LogP contribution >= 0.6 is 23.2 Å². The Kier molecular flexibility index (Phi) is 5.45. The third kappa shape index (κ3) is 3.80. The number of hydrogen-bond donors (Lipinski definition) is 2. The van der Waals surface area contributed by atoms with E-state index in [-0.39, 0.29) is 24.5 Å². The first kappa shape index (κ1) is 16.8. The van der Waals surface area contributed by atoms with Gasteiger partial charge in [-0.1, -0.05) is 30.1 Å². The first-order chi connectivity index (χ1) is 10.4. The molecule has 2 atom stereocenters. The maximum absolute atomic E-state index is 12.1. The molecule has 0 aliphatic carbocycles. The lowest BCUT2D eigenvalue weighted by Gasteiger charge is -2.18. The molecule has 0 spiro atoms. The van der Waals surface area contributed by atoms with Crippen LogP contribution in [0.15, 0.2) is 30.5 Å². The van der Waals surface area contributed by atoms with Crippen LogP contribution in [0.2, 0.25) is 10.0 Å². The van der Waals surface area contributed by atoms with Crippen molar-refractivity contribution in [3.8, 4) is 5.69 Å². The topological polar surface area (TPSA) is 67.2 Å². The average molecular weight is 342 g/mol. The van der Waals surface area contributed by atoms with E-state index in [1.54, 1.807) is 35.1 Å². The molecule has 0 radical (unpaired) electrons. The Balaban J connectivity index is 2.13. The SMILES string of the molecule is CC(CO)C(C)NC(=O)c1ccn(-c2ccc(Cl)c(Cl)c2)n1. The average Bonchev–Trinajstić information content (AvgIpc) is 2.99. The van der Waals surface area contributed by atoms with E-state index < -0.39 is 0 Å². The fourth-order valence-corrected chi connectivity index (χ4v) is 2.09. The largest absolute Gasteiger partial charge is 0.396 e. The number of benzene rings is 1. The van der Waals surface area contributed by atoms with Crippen molar-refractivity contribution in [2.75, 3.05) is 6.61 Å². The molecule has 5 nitrogen and oxygen atoms in total. The van der Waals surface area contributed by atoms with Gasteiger partial charge < -0.3 is 10.4 Å². The van der Waals surface area contributed by atoms with E-state index in [0.717, 1.165) is 0 Å². The summed E-state index contributed by atoms with van der Waals surface area (Å²) in [6, 6.07) is 6.58. The van der Waals surface area contributed by atoms with Crippen molar-refractivity contribution < 1.29 is 9.90 Å². The highest BCUT2D eigenvalue weighted by molar-refractivity contribution is 6.42. The van der Waals surface area contributed by atoms with Crippen LogP contribution in [0.1, 0.15) is 24.3 Å². The van der Waals surface area contributed by atoms with E-state index in [1.165, 1.54) is 0 Å². The molecule has 7 heteroatoms. The molecule has 2 aromatic rings. The van der Waals surface area contributed by atoms with Crippen LogP contribution in [0.5, 0.6) is 0 Å². The highest BCUT2D eigenvalue weighted by Gasteiger charge is 2.17. The Morgan fingerprint density at radius 2 is 2.05 bits per heavy atom. The lowest BCUT2D eigenvalue weighted by molar-refractivity contribution is 0.0911. The second kappa shape index (κ2) is 7.13. The highest BCUT2D eigenvalue weighted by atomic mass is 35.5. The summed E-state index contributed by atoms with van der Waals surface area (Å²) in [5.41, 5.74) is 1.01. The van der Waals surface area contributed by atoms with Gasteiger partial charge >= 0.3 is 0 Å². The van der Waals surface area contributed by atoms with Crippen molar-refractivity contribution >= 4 is 29.1 Å². The zero-order chi connectivity index (χ0) is 16.3. The Morgan fingerprint density at radius 1 is 1.32 bits per heavy atom. The molecule has 22 heavy (non-hydrogen) atoms. The van der Waals surface area contributed by atoms with Gasteiger partial charge in [0.1, 0.15) is 0 Å². The lowest BCUT2D eigenvalue weighted by atomic mass is 10.1. The molecule has 2 N–H and O–H groups in total. The number of carbonyl (C=O) groups is 1. The fraction of sp³-hybridized carbons (Fsp3) is 0.333. The minimum Gasteiger partial charge on any atom is -0.396 e. The number of nitrogens with zero attached hydrogens (tertiary/aromatic N) is 2. The molecule has 0 aliphatic rings. The van der Waals surface area contributed by atoms with E-state index in [2.05, 4.69) is 10.4 Å². The number of aromatic nitrogens is 2. The monoisotopic (exact) mass is 341 g/mol. The fourth-order valence-electron chi connectivity index (χ4n) is 1.80. The predicted octanol–water partition coefficient (Wildman–Crippen LogP) is 2.93. The van der Waals surface area contributed by atoms with Crippen LogP contribution in [0, 0.1) is 5.92 Å². The zero-order valence-electron chi connectivity index (χ0n) is 12.3. The molecule has 1 aromatic heterocycles. The quantitative estimate of drug-likeness (QED) is 0.878. The molecule has 2 rings (SSSR count). The first-order valence-corrected chi connectivity index (χ1v) is 7.60. The molecule has 0 fully saturated rings. The molecule has 0 saturated carbocycles. The van der Waals surface area contributed by atoms with E-state index in [0.29, 0.717) is 21.4 Å². The molecular weight excluding hydrogens is 325 g/mol. The third-order valence-corrected chi connectivity index (χ3v) is 4.23. The lowest BCUT2D eigenvalue weighted by Crippen LogP contribution is -2.38. The standard InChI is InChI=1S/C15H17Cl2N3O2/c1-9(8-21)10(2)18-15(22)14-5-6-20(19-14)11-3-4-12(16)13(17)7-11/h3-7,9-10,21H,8H2,1-2H3,(H,18,22). The van der Waals surface area contributed by atoms with Gasteiger partial charge in [0.15, 0.2) is 5.69 Å². The number of hydrogen-bond acceptors (Lipinski definition) is 3. The van der Waals surface area contributed by atoms with Crippen molar-refractivity contribution in [3.63, 3.8) is 0 Å². The Hall–Kier alpha value is -1.56. The van der Waals surface area contributed by atoms with Gasteiger partial charge in [-0.25, -0.2) is 4.68 Å². The number of carbonyl (C=O) groups excluding carboxylic acids is 1. The summed E-state index contributed by atoms with van der Waals surface area (Å²) in [6.07, 6.45) is 1.68. The Labute approximate surface area is 138 Å². The van der Waals surface area contributed by atoms with Gasteiger partial charge in [-0.3, -0.25) is 4.79 Å². The summed E-state index contributed by atoms with van der Waals surface area (Å²) in [7, 11) is 0. The summed E-state index contributed by atoms with van der Waals surface area (Å²) < 4.78 is 1.55. The van der Waals surface area contributed by atoms with Crippen molar-refractivity contribution in [1.82, 2.24) is 15.1 Å². The molecular formula is C15H17Cl2N3O2. The van der Waals surface area contributed by atoms with Crippen molar-refractivity contribution in [3.05, 3.63) is 46.2 Å². The zero-order valence-corrected chi connectivity index (χ0v) is 13.8. The minimum atomic E-state index is -0.286. The van der Waals surface area contributed by atoms with E-state index in [1.807, 2.05) is 13.8 Å². The van der Waals surface area contributed by atoms with Gasteiger partial charge in [0, 0.05) is 18.8 Å². The van der Waals surface area contributed by atoms with E-state index >= 15 is 0 Å². The maximum atomic E-state index is 12.1. The van der Waals surface area contributed by atoms with Gasteiger partial charge in [0.2, 0.25) is 0 Å². The van der Waals surface area contributed by atoms with Crippen LogP contribution in [0.25, 0.3) is 5.69 Å². The highest BCUT2D eigenvalue weighted by Crippen LogP contribution is 2.24. The first-order valence-electron chi connectivity index (χ1n) is 6.85. The summed E-state index contributed by atoms with van der Waals surface area (Å²) in [5, 5.41) is 17.0. The molecule has 1 aromatic carbocycles. The summed E-state index contributed by atoms with van der Waals surface area (Å²) in [4.78, 5) is 12.1. The summed E-state index contributed by atoms with van der Waals surface area (Å²) >= 11 is 11.9. The maximum Gasteiger partial charge on any atom is 0.272 e. The number of nitrogens with one attached hydrogen (secondary N) is 1. The second-order valence-corrected chi connectivity index (χ2v) is 5.98. The van der Waals surface area contributed by atoms with Crippen LogP contribution < -0.4 is 5.32 Å². The molecule has 118 valence electrons. The van der Waals surface area contributed by atoms with Crippen LogP contribution in [-0.4, -0.2) is 33.4 Å². The van der Waals surface area contributed by atoms with Crippen molar-refractivity contribution in [2.24, 2.45) is 5.92 Å². The second-order valence-electron chi connectivity index (χ2n) is 5.17. The van der Waals surface area contributed by atoms with Crippen LogP contribution in [-0.2, 0) is 0 Å². The Bertz CT molecular complexity index is 673. The Morgan fingerprint density at radius 3 is 2.68 bits per heavy atom. The smallest absolute Gasteiger partial charge is 0.272 e. The van der Waals surface area contributed by atoms with Crippen LogP contribution in [0.4, 0.5) is 0 Å². The number of aliphatic hydroxyl groups excluding tert-OH is 1. The van der Waals surface area contributed by atoms with Gasteiger partial charge in [-0.15, -0.1) is 0 Å². The van der Waals surface area contributed by atoms with Crippen LogP contribution in [0.3, 0.4) is 0 Å².